The lowest BCUT2D eigenvalue weighted by molar-refractivity contribution is 0.170. The van der Waals surface area contributed by atoms with Crippen LogP contribution in [0.25, 0.3) is 0 Å². The zero-order chi connectivity index (χ0) is 12.5. The van der Waals surface area contributed by atoms with E-state index in [1.54, 1.807) is 7.11 Å². The standard InChI is InChI=1S/C15H25NO/c1-4-11-16-15(13(2)10-12-17-3)14-8-6-5-7-9-14/h5-9,13,15-16H,4,10-12H2,1-3H3. The molecule has 0 aromatic heterocycles. The van der Waals surface area contributed by atoms with E-state index in [0.29, 0.717) is 12.0 Å². The zero-order valence-electron chi connectivity index (χ0n) is 11.3. The van der Waals surface area contributed by atoms with Crippen molar-refractivity contribution in [2.45, 2.75) is 32.7 Å². The molecule has 1 aromatic carbocycles. The molecule has 0 fully saturated rings. The fraction of sp³-hybridized carbons (Fsp3) is 0.600. The fourth-order valence-corrected chi connectivity index (χ4v) is 2.08. The van der Waals surface area contributed by atoms with Crippen molar-refractivity contribution in [3.8, 4) is 0 Å². The summed E-state index contributed by atoms with van der Waals surface area (Å²) in [4.78, 5) is 0. The van der Waals surface area contributed by atoms with Crippen LogP contribution in [0.5, 0.6) is 0 Å². The van der Waals surface area contributed by atoms with E-state index in [4.69, 9.17) is 4.74 Å². The molecule has 1 N–H and O–H groups in total. The Morgan fingerprint density at radius 1 is 1.24 bits per heavy atom. The van der Waals surface area contributed by atoms with Gasteiger partial charge in [0.2, 0.25) is 0 Å². The highest BCUT2D eigenvalue weighted by atomic mass is 16.5. The van der Waals surface area contributed by atoms with Crippen LogP contribution in [0.2, 0.25) is 0 Å². The van der Waals surface area contributed by atoms with Crippen LogP contribution in [0.3, 0.4) is 0 Å². The molecule has 0 radical (unpaired) electrons. The molecule has 2 heteroatoms. The van der Waals surface area contributed by atoms with Crippen molar-refractivity contribution in [2.24, 2.45) is 5.92 Å². The summed E-state index contributed by atoms with van der Waals surface area (Å²) in [6.07, 6.45) is 2.26. The maximum atomic E-state index is 5.18. The minimum absolute atomic E-state index is 0.436. The molecule has 2 nitrogen and oxygen atoms in total. The summed E-state index contributed by atoms with van der Waals surface area (Å²) in [5.74, 6) is 0.587. The predicted octanol–water partition coefficient (Wildman–Crippen LogP) is 3.40. The highest BCUT2D eigenvalue weighted by molar-refractivity contribution is 5.19. The van der Waals surface area contributed by atoms with E-state index in [-0.39, 0.29) is 0 Å². The Hall–Kier alpha value is -0.860. The third-order valence-corrected chi connectivity index (χ3v) is 3.12. The number of benzene rings is 1. The minimum atomic E-state index is 0.436. The highest BCUT2D eigenvalue weighted by Gasteiger charge is 2.17. The number of ether oxygens (including phenoxy) is 1. The normalized spacial score (nSPS) is 14.5. The van der Waals surface area contributed by atoms with Crippen molar-refractivity contribution in [3.05, 3.63) is 35.9 Å². The van der Waals surface area contributed by atoms with Gasteiger partial charge in [-0.3, -0.25) is 0 Å². The number of hydrogen-bond acceptors (Lipinski definition) is 2. The molecule has 0 amide bonds. The summed E-state index contributed by atoms with van der Waals surface area (Å²) < 4.78 is 5.18. The Bertz CT molecular complexity index is 286. The molecule has 0 aliphatic carbocycles. The lowest BCUT2D eigenvalue weighted by Gasteiger charge is -2.25. The fourth-order valence-electron chi connectivity index (χ4n) is 2.08. The number of methoxy groups -OCH3 is 1. The second kappa shape index (κ2) is 8.26. The van der Waals surface area contributed by atoms with E-state index < -0.39 is 0 Å². The van der Waals surface area contributed by atoms with Gasteiger partial charge in [-0.25, -0.2) is 0 Å². The minimum Gasteiger partial charge on any atom is -0.385 e. The molecule has 0 saturated heterocycles. The molecule has 17 heavy (non-hydrogen) atoms. The van der Waals surface area contributed by atoms with Gasteiger partial charge in [0.1, 0.15) is 0 Å². The maximum Gasteiger partial charge on any atom is 0.0465 e. The van der Waals surface area contributed by atoms with Crippen LogP contribution in [0.15, 0.2) is 30.3 Å². The maximum absolute atomic E-state index is 5.18. The Morgan fingerprint density at radius 3 is 2.53 bits per heavy atom. The van der Waals surface area contributed by atoms with Crippen LogP contribution in [0, 0.1) is 5.92 Å². The van der Waals surface area contributed by atoms with Crippen molar-refractivity contribution >= 4 is 0 Å². The molecule has 0 bridgehead atoms. The van der Waals surface area contributed by atoms with E-state index in [2.05, 4.69) is 49.5 Å². The zero-order valence-corrected chi connectivity index (χ0v) is 11.3. The van der Waals surface area contributed by atoms with Gasteiger partial charge in [-0.1, -0.05) is 44.2 Å². The first-order valence-corrected chi connectivity index (χ1v) is 6.56. The summed E-state index contributed by atoms with van der Waals surface area (Å²) in [6.45, 7) is 6.39. The SMILES string of the molecule is CCCNC(c1ccccc1)C(C)CCOC. The molecule has 0 aliphatic heterocycles. The van der Waals surface area contributed by atoms with Gasteiger partial charge in [0, 0.05) is 19.8 Å². The molecule has 0 aliphatic rings. The van der Waals surface area contributed by atoms with E-state index >= 15 is 0 Å². The molecule has 96 valence electrons. The van der Waals surface area contributed by atoms with Gasteiger partial charge < -0.3 is 10.1 Å². The first kappa shape index (κ1) is 14.2. The first-order chi connectivity index (χ1) is 8.29. The number of hydrogen-bond donors (Lipinski definition) is 1. The molecule has 2 unspecified atom stereocenters. The molecule has 1 rings (SSSR count). The van der Waals surface area contributed by atoms with Gasteiger partial charge in [-0.05, 0) is 30.9 Å². The van der Waals surface area contributed by atoms with Gasteiger partial charge in [0.25, 0.3) is 0 Å². The molecule has 1 aromatic rings. The Morgan fingerprint density at radius 2 is 1.94 bits per heavy atom. The lowest BCUT2D eigenvalue weighted by atomic mass is 9.92. The van der Waals surface area contributed by atoms with Gasteiger partial charge in [0.05, 0.1) is 0 Å². The van der Waals surface area contributed by atoms with E-state index in [1.807, 2.05) is 0 Å². The molecular formula is C15H25NO. The van der Waals surface area contributed by atoms with E-state index in [0.717, 1.165) is 19.6 Å². The van der Waals surface area contributed by atoms with Crippen molar-refractivity contribution < 1.29 is 4.74 Å². The van der Waals surface area contributed by atoms with Crippen LogP contribution in [0.1, 0.15) is 38.3 Å². The average molecular weight is 235 g/mol. The quantitative estimate of drug-likeness (QED) is 0.745. The summed E-state index contributed by atoms with van der Waals surface area (Å²) in [6, 6.07) is 11.1. The average Bonchev–Trinajstić information content (AvgIpc) is 2.38. The van der Waals surface area contributed by atoms with Gasteiger partial charge >= 0.3 is 0 Å². The molecule has 0 heterocycles. The lowest BCUT2D eigenvalue weighted by Crippen LogP contribution is -2.28. The summed E-state index contributed by atoms with van der Waals surface area (Å²) >= 11 is 0. The third kappa shape index (κ3) is 4.88. The molecule has 0 saturated carbocycles. The molecule has 2 atom stereocenters. The van der Waals surface area contributed by atoms with Crippen molar-refractivity contribution in [3.63, 3.8) is 0 Å². The number of rotatable bonds is 8. The monoisotopic (exact) mass is 235 g/mol. The molecular weight excluding hydrogens is 210 g/mol. The van der Waals surface area contributed by atoms with Crippen molar-refractivity contribution in [1.82, 2.24) is 5.32 Å². The Balaban J connectivity index is 2.66. The predicted molar refractivity (Wildman–Crippen MR) is 73.1 cm³/mol. The summed E-state index contributed by atoms with van der Waals surface area (Å²) in [5, 5.41) is 3.64. The van der Waals surface area contributed by atoms with Crippen LogP contribution in [-0.2, 0) is 4.74 Å². The molecule has 0 spiro atoms. The van der Waals surface area contributed by atoms with Crippen molar-refractivity contribution in [2.75, 3.05) is 20.3 Å². The Labute approximate surface area is 105 Å². The van der Waals surface area contributed by atoms with Crippen LogP contribution in [0.4, 0.5) is 0 Å². The van der Waals surface area contributed by atoms with Gasteiger partial charge in [-0.15, -0.1) is 0 Å². The van der Waals surface area contributed by atoms with E-state index in [9.17, 15) is 0 Å². The highest BCUT2D eigenvalue weighted by Crippen LogP contribution is 2.24. The summed E-state index contributed by atoms with van der Waals surface area (Å²) in [7, 11) is 1.77. The number of nitrogens with one attached hydrogen (secondary N) is 1. The van der Waals surface area contributed by atoms with Gasteiger partial charge in [-0.2, -0.15) is 0 Å². The second-order valence-electron chi connectivity index (χ2n) is 4.60. The largest absolute Gasteiger partial charge is 0.385 e. The Kier molecular flexibility index (Phi) is 6.90. The first-order valence-electron chi connectivity index (χ1n) is 6.56. The topological polar surface area (TPSA) is 21.3 Å². The second-order valence-corrected chi connectivity index (χ2v) is 4.60. The van der Waals surface area contributed by atoms with Crippen LogP contribution >= 0.6 is 0 Å². The van der Waals surface area contributed by atoms with Crippen LogP contribution in [-0.4, -0.2) is 20.3 Å². The van der Waals surface area contributed by atoms with Crippen LogP contribution < -0.4 is 5.32 Å². The smallest absolute Gasteiger partial charge is 0.0465 e. The van der Waals surface area contributed by atoms with E-state index in [1.165, 1.54) is 12.0 Å². The van der Waals surface area contributed by atoms with Crippen molar-refractivity contribution in [1.29, 1.82) is 0 Å². The third-order valence-electron chi connectivity index (χ3n) is 3.12. The summed E-state index contributed by atoms with van der Waals surface area (Å²) in [5.41, 5.74) is 1.38. The van der Waals surface area contributed by atoms with Gasteiger partial charge in [0.15, 0.2) is 0 Å².